The van der Waals surface area contributed by atoms with E-state index in [-0.39, 0.29) is 6.61 Å². The van der Waals surface area contributed by atoms with Gasteiger partial charge in [0.05, 0.1) is 12.3 Å². The summed E-state index contributed by atoms with van der Waals surface area (Å²) in [5, 5.41) is 10.0. The van der Waals surface area contributed by atoms with Crippen LogP contribution in [0.1, 0.15) is 16.1 Å². The van der Waals surface area contributed by atoms with Gasteiger partial charge in [-0.05, 0) is 13.8 Å². The lowest BCUT2D eigenvalue weighted by Crippen LogP contribution is -1.85. The summed E-state index contributed by atoms with van der Waals surface area (Å²) in [7, 11) is 0. The fourth-order valence-electron chi connectivity index (χ4n) is 1.39. The predicted octanol–water partition coefficient (Wildman–Crippen LogP) is 2.92. The average Bonchev–Trinajstić information content (AvgIpc) is 2.61. The molecule has 2 aromatic rings. The van der Waals surface area contributed by atoms with E-state index in [1.54, 1.807) is 11.3 Å². The number of aliphatic hydroxyl groups is 1. The summed E-state index contributed by atoms with van der Waals surface area (Å²) in [6.45, 7) is 4.07. The van der Waals surface area contributed by atoms with E-state index in [1.807, 2.05) is 6.92 Å². The molecule has 1 aromatic heterocycles. The fraction of sp³-hybridized carbons (Fsp3) is 0.250. The van der Waals surface area contributed by atoms with Crippen LogP contribution in [0.4, 0.5) is 0 Å². The van der Waals surface area contributed by atoms with E-state index in [0.717, 1.165) is 21.1 Å². The summed E-state index contributed by atoms with van der Waals surface area (Å²) < 4.78 is 0. The van der Waals surface area contributed by atoms with Crippen molar-refractivity contribution in [3.05, 3.63) is 40.4 Å². The molecule has 1 heterocycles. The topological polar surface area (TPSA) is 33.1 Å². The molecular weight excluding hydrogens is 206 g/mol. The Balaban J connectivity index is 2.41. The zero-order valence-corrected chi connectivity index (χ0v) is 9.64. The molecule has 0 saturated carbocycles. The third-order valence-corrected chi connectivity index (χ3v) is 3.40. The third kappa shape index (κ3) is 2.08. The van der Waals surface area contributed by atoms with E-state index in [0.29, 0.717) is 0 Å². The minimum atomic E-state index is 0.0220. The van der Waals surface area contributed by atoms with Gasteiger partial charge in [0.1, 0.15) is 5.01 Å². The lowest BCUT2D eigenvalue weighted by atomic mass is 10.2. The van der Waals surface area contributed by atoms with Crippen LogP contribution in [0.15, 0.2) is 24.3 Å². The van der Waals surface area contributed by atoms with Gasteiger partial charge < -0.3 is 5.11 Å². The van der Waals surface area contributed by atoms with Gasteiger partial charge in [-0.1, -0.05) is 29.8 Å². The Hall–Kier alpha value is -1.19. The van der Waals surface area contributed by atoms with Crippen molar-refractivity contribution in [2.45, 2.75) is 20.5 Å². The SMILES string of the molecule is Cc1ccc(-c2nc(CO)c(C)s2)cc1. The summed E-state index contributed by atoms with van der Waals surface area (Å²) in [6, 6.07) is 8.28. The van der Waals surface area contributed by atoms with E-state index >= 15 is 0 Å². The monoisotopic (exact) mass is 219 g/mol. The summed E-state index contributed by atoms with van der Waals surface area (Å²) in [6.07, 6.45) is 0. The Morgan fingerprint density at radius 1 is 1.20 bits per heavy atom. The van der Waals surface area contributed by atoms with Crippen LogP contribution in [-0.4, -0.2) is 10.1 Å². The molecule has 0 amide bonds. The summed E-state index contributed by atoms with van der Waals surface area (Å²) in [5.74, 6) is 0. The van der Waals surface area contributed by atoms with Crippen LogP contribution in [-0.2, 0) is 6.61 Å². The van der Waals surface area contributed by atoms with Crippen LogP contribution in [0.3, 0.4) is 0 Å². The number of aliphatic hydroxyl groups excluding tert-OH is 1. The highest BCUT2D eigenvalue weighted by atomic mass is 32.1. The van der Waals surface area contributed by atoms with Crippen molar-refractivity contribution in [3.63, 3.8) is 0 Å². The Bertz CT molecular complexity index is 459. The van der Waals surface area contributed by atoms with Crippen LogP contribution in [0, 0.1) is 13.8 Å². The molecule has 2 rings (SSSR count). The molecule has 2 nitrogen and oxygen atoms in total. The van der Waals surface area contributed by atoms with Crippen molar-refractivity contribution in [1.82, 2.24) is 4.98 Å². The van der Waals surface area contributed by atoms with E-state index < -0.39 is 0 Å². The maximum Gasteiger partial charge on any atom is 0.123 e. The quantitative estimate of drug-likeness (QED) is 0.842. The Labute approximate surface area is 93.2 Å². The third-order valence-electron chi connectivity index (χ3n) is 2.34. The first kappa shape index (κ1) is 10.3. The summed E-state index contributed by atoms with van der Waals surface area (Å²) >= 11 is 1.63. The Morgan fingerprint density at radius 3 is 2.40 bits per heavy atom. The Kier molecular flexibility index (Phi) is 2.84. The molecule has 0 fully saturated rings. The smallest absolute Gasteiger partial charge is 0.123 e. The van der Waals surface area contributed by atoms with Crippen LogP contribution < -0.4 is 0 Å². The van der Waals surface area contributed by atoms with Crippen molar-refractivity contribution < 1.29 is 5.11 Å². The molecule has 0 aliphatic heterocycles. The number of hydrogen-bond acceptors (Lipinski definition) is 3. The molecule has 1 aromatic carbocycles. The molecule has 3 heteroatoms. The van der Waals surface area contributed by atoms with Gasteiger partial charge in [0.25, 0.3) is 0 Å². The van der Waals surface area contributed by atoms with Gasteiger partial charge in [0, 0.05) is 10.4 Å². The lowest BCUT2D eigenvalue weighted by molar-refractivity contribution is 0.277. The number of nitrogens with zero attached hydrogens (tertiary/aromatic N) is 1. The second-order valence-electron chi connectivity index (χ2n) is 3.55. The molecule has 1 N–H and O–H groups in total. The molecule has 15 heavy (non-hydrogen) atoms. The van der Waals surface area contributed by atoms with Gasteiger partial charge >= 0.3 is 0 Å². The first-order valence-corrected chi connectivity index (χ1v) is 5.66. The zero-order chi connectivity index (χ0) is 10.8. The first-order valence-electron chi connectivity index (χ1n) is 4.85. The molecule has 0 atom stereocenters. The van der Waals surface area contributed by atoms with Crippen molar-refractivity contribution in [1.29, 1.82) is 0 Å². The second kappa shape index (κ2) is 4.13. The molecule has 0 unspecified atom stereocenters. The van der Waals surface area contributed by atoms with Crippen molar-refractivity contribution >= 4 is 11.3 Å². The molecule has 0 radical (unpaired) electrons. The lowest BCUT2D eigenvalue weighted by Gasteiger charge is -1.96. The standard InChI is InChI=1S/C12H13NOS/c1-8-3-5-10(6-4-8)12-13-11(7-14)9(2)15-12/h3-6,14H,7H2,1-2H3. The molecule has 0 saturated heterocycles. The van der Waals surface area contributed by atoms with E-state index in [1.165, 1.54) is 5.56 Å². The highest BCUT2D eigenvalue weighted by molar-refractivity contribution is 7.15. The maximum absolute atomic E-state index is 9.07. The molecular formula is C12H13NOS. The van der Waals surface area contributed by atoms with Gasteiger partial charge in [0.2, 0.25) is 0 Å². The van der Waals surface area contributed by atoms with E-state index in [2.05, 4.69) is 36.2 Å². The van der Waals surface area contributed by atoms with Crippen molar-refractivity contribution in [2.24, 2.45) is 0 Å². The second-order valence-corrected chi connectivity index (χ2v) is 4.75. The number of aromatic nitrogens is 1. The molecule has 0 aliphatic rings. The number of aryl methyl sites for hydroxylation is 2. The first-order chi connectivity index (χ1) is 7.20. The van der Waals surface area contributed by atoms with Crippen LogP contribution >= 0.6 is 11.3 Å². The maximum atomic E-state index is 9.07. The number of benzene rings is 1. The highest BCUT2D eigenvalue weighted by Crippen LogP contribution is 2.27. The zero-order valence-electron chi connectivity index (χ0n) is 8.82. The Morgan fingerprint density at radius 2 is 1.87 bits per heavy atom. The molecule has 0 spiro atoms. The number of rotatable bonds is 2. The normalized spacial score (nSPS) is 10.6. The van der Waals surface area contributed by atoms with Gasteiger partial charge in [-0.25, -0.2) is 4.98 Å². The van der Waals surface area contributed by atoms with Gasteiger partial charge in [-0.15, -0.1) is 11.3 Å². The predicted molar refractivity (Wildman–Crippen MR) is 62.9 cm³/mol. The molecule has 78 valence electrons. The molecule has 0 aliphatic carbocycles. The summed E-state index contributed by atoms with van der Waals surface area (Å²) in [5.41, 5.74) is 3.15. The van der Waals surface area contributed by atoms with Gasteiger partial charge in [0.15, 0.2) is 0 Å². The van der Waals surface area contributed by atoms with Crippen molar-refractivity contribution in [3.8, 4) is 10.6 Å². The van der Waals surface area contributed by atoms with Crippen LogP contribution in [0.2, 0.25) is 0 Å². The van der Waals surface area contributed by atoms with E-state index in [4.69, 9.17) is 5.11 Å². The highest BCUT2D eigenvalue weighted by Gasteiger charge is 2.07. The minimum absolute atomic E-state index is 0.0220. The van der Waals surface area contributed by atoms with Crippen LogP contribution in [0.25, 0.3) is 10.6 Å². The fourth-order valence-corrected chi connectivity index (χ4v) is 2.32. The van der Waals surface area contributed by atoms with E-state index in [9.17, 15) is 0 Å². The summed E-state index contributed by atoms with van der Waals surface area (Å²) in [4.78, 5) is 5.49. The van der Waals surface area contributed by atoms with Gasteiger partial charge in [-0.3, -0.25) is 0 Å². The van der Waals surface area contributed by atoms with Crippen molar-refractivity contribution in [2.75, 3.05) is 0 Å². The largest absolute Gasteiger partial charge is 0.390 e. The van der Waals surface area contributed by atoms with Gasteiger partial charge in [-0.2, -0.15) is 0 Å². The average molecular weight is 219 g/mol. The minimum Gasteiger partial charge on any atom is -0.390 e. The molecule has 0 bridgehead atoms. The van der Waals surface area contributed by atoms with Crippen LogP contribution in [0.5, 0.6) is 0 Å². The number of hydrogen-bond donors (Lipinski definition) is 1. The number of thiazole rings is 1.